The average molecular weight is 270 g/mol. The van der Waals surface area contributed by atoms with Gasteiger partial charge in [0.15, 0.2) is 0 Å². The summed E-state index contributed by atoms with van der Waals surface area (Å²) in [5.41, 5.74) is 2.75. The molecule has 0 fully saturated rings. The molecule has 0 radical (unpaired) electrons. The van der Waals surface area contributed by atoms with Crippen LogP contribution in [0.15, 0.2) is 48.5 Å². The van der Waals surface area contributed by atoms with Gasteiger partial charge in [0.25, 0.3) is 0 Å². The molecular formula is C16H18N2O2. The van der Waals surface area contributed by atoms with Gasteiger partial charge in [-0.25, -0.2) is 0 Å². The fourth-order valence-corrected chi connectivity index (χ4v) is 2.32. The van der Waals surface area contributed by atoms with Gasteiger partial charge in [0.1, 0.15) is 18.0 Å². The van der Waals surface area contributed by atoms with E-state index >= 15 is 0 Å². The van der Waals surface area contributed by atoms with Crippen molar-refractivity contribution in [1.29, 1.82) is 0 Å². The first-order chi connectivity index (χ1) is 9.68. The highest BCUT2D eigenvalue weighted by Gasteiger charge is 2.31. The second-order valence-corrected chi connectivity index (χ2v) is 5.22. The van der Waals surface area contributed by atoms with Gasteiger partial charge in [-0.2, -0.15) is 0 Å². The van der Waals surface area contributed by atoms with Gasteiger partial charge in [0.2, 0.25) is 0 Å². The summed E-state index contributed by atoms with van der Waals surface area (Å²) >= 11 is 0. The van der Waals surface area contributed by atoms with E-state index in [9.17, 15) is 0 Å². The van der Waals surface area contributed by atoms with Crippen LogP contribution < -0.4 is 15.4 Å². The molecule has 0 bridgehead atoms. The minimum atomic E-state index is -0.320. The standard InChI is InChI=1S/C16H18N2O2/c1-16(17-14-4-2-3-5-15(14)18-16)11-20-13-8-6-12(10-19)7-9-13/h2-9,17-19H,10-11H2,1H3. The zero-order valence-corrected chi connectivity index (χ0v) is 11.4. The van der Waals surface area contributed by atoms with E-state index in [1.807, 2.05) is 48.5 Å². The van der Waals surface area contributed by atoms with E-state index in [1.165, 1.54) is 0 Å². The number of para-hydroxylation sites is 2. The normalized spacial score (nSPS) is 15.1. The van der Waals surface area contributed by atoms with Crippen LogP contribution in [-0.4, -0.2) is 17.4 Å². The molecule has 0 spiro atoms. The maximum absolute atomic E-state index is 9.01. The van der Waals surface area contributed by atoms with Crippen molar-refractivity contribution in [3.8, 4) is 5.75 Å². The van der Waals surface area contributed by atoms with Crippen LogP contribution in [0.25, 0.3) is 0 Å². The molecule has 0 amide bonds. The fraction of sp³-hybridized carbons (Fsp3) is 0.250. The highest BCUT2D eigenvalue weighted by molar-refractivity contribution is 5.75. The van der Waals surface area contributed by atoms with Crippen LogP contribution in [0.5, 0.6) is 5.75 Å². The lowest BCUT2D eigenvalue weighted by Crippen LogP contribution is -2.44. The zero-order chi connectivity index (χ0) is 14.0. The number of aliphatic hydroxyl groups excluding tert-OH is 1. The molecule has 0 saturated heterocycles. The molecule has 4 heteroatoms. The van der Waals surface area contributed by atoms with Gasteiger partial charge < -0.3 is 20.5 Å². The number of nitrogens with one attached hydrogen (secondary N) is 2. The van der Waals surface area contributed by atoms with E-state index in [4.69, 9.17) is 9.84 Å². The molecule has 3 rings (SSSR count). The number of benzene rings is 2. The predicted octanol–water partition coefficient (Wildman–Crippen LogP) is 2.81. The first kappa shape index (κ1) is 12.8. The summed E-state index contributed by atoms with van der Waals surface area (Å²) in [5.74, 6) is 0.794. The summed E-state index contributed by atoms with van der Waals surface area (Å²) in [7, 11) is 0. The Kier molecular flexibility index (Phi) is 3.24. The van der Waals surface area contributed by atoms with Gasteiger partial charge in [-0.3, -0.25) is 0 Å². The number of ether oxygens (including phenoxy) is 1. The molecular weight excluding hydrogens is 252 g/mol. The van der Waals surface area contributed by atoms with Crippen molar-refractivity contribution in [2.45, 2.75) is 19.2 Å². The molecule has 0 aliphatic carbocycles. The Balaban J connectivity index is 1.64. The van der Waals surface area contributed by atoms with Crippen molar-refractivity contribution < 1.29 is 9.84 Å². The molecule has 1 heterocycles. The second-order valence-electron chi connectivity index (χ2n) is 5.22. The molecule has 0 saturated carbocycles. The predicted molar refractivity (Wildman–Crippen MR) is 80.0 cm³/mol. The van der Waals surface area contributed by atoms with Gasteiger partial charge in [-0.05, 0) is 36.8 Å². The minimum Gasteiger partial charge on any atom is -0.489 e. The van der Waals surface area contributed by atoms with Crippen molar-refractivity contribution in [2.24, 2.45) is 0 Å². The van der Waals surface area contributed by atoms with Crippen molar-refractivity contribution in [3.63, 3.8) is 0 Å². The van der Waals surface area contributed by atoms with E-state index in [-0.39, 0.29) is 12.3 Å². The number of hydrogen-bond acceptors (Lipinski definition) is 4. The summed E-state index contributed by atoms with van der Waals surface area (Å²) in [6, 6.07) is 15.6. The Labute approximate surface area is 118 Å². The largest absolute Gasteiger partial charge is 0.489 e. The Bertz CT molecular complexity index is 571. The maximum Gasteiger partial charge on any atom is 0.140 e. The Morgan fingerprint density at radius 3 is 2.15 bits per heavy atom. The van der Waals surface area contributed by atoms with Crippen LogP contribution in [0.4, 0.5) is 11.4 Å². The zero-order valence-electron chi connectivity index (χ0n) is 11.4. The smallest absolute Gasteiger partial charge is 0.140 e. The van der Waals surface area contributed by atoms with E-state index in [0.29, 0.717) is 6.61 Å². The first-order valence-corrected chi connectivity index (χ1v) is 6.66. The molecule has 0 atom stereocenters. The third-order valence-electron chi connectivity index (χ3n) is 3.38. The summed E-state index contributed by atoms with van der Waals surface area (Å²) in [4.78, 5) is 0. The minimum absolute atomic E-state index is 0.0520. The number of aliphatic hydroxyl groups is 1. The maximum atomic E-state index is 9.01. The highest BCUT2D eigenvalue weighted by Crippen LogP contribution is 2.33. The number of hydrogen-bond donors (Lipinski definition) is 3. The second kappa shape index (κ2) is 5.06. The topological polar surface area (TPSA) is 53.5 Å². The molecule has 2 aromatic rings. The first-order valence-electron chi connectivity index (χ1n) is 6.66. The van der Waals surface area contributed by atoms with E-state index in [1.54, 1.807) is 0 Å². The third kappa shape index (κ3) is 2.56. The van der Waals surface area contributed by atoms with Crippen LogP contribution in [0.1, 0.15) is 12.5 Å². The van der Waals surface area contributed by atoms with Gasteiger partial charge in [0.05, 0.1) is 18.0 Å². The summed E-state index contributed by atoms with van der Waals surface area (Å²) in [6.07, 6.45) is 0. The number of fused-ring (bicyclic) bond motifs is 1. The lowest BCUT2D eigenvalue weighted by atomic mass is 10.2. The lowest BCUT2D eigenvalue weighted by Gasteiger charge is -2.26. The summed E-state index contributed by atoms with van der Waals surface area (Å²) in [5, 5.41) is 15.9. The molecule has 104 valence electrons. The SMILES string of the molecule is CC1(COc2ccc(CO)cc2)Nc2ccccc2N1. The molecule has 0 aromatic heterocycles. The van der Waals surface area contributed by atoms with Crippen LogP contribution in [0.2, 0.25) is 0 Å². The average Bonchev–Trinajstić information content (AvgIpc) is 2.82. The van der Waals surface area contributed by atoms with Crippen LogP contribution in [0, 0.1) is 0 Å². The van der Waals surface area contributed by atoms with E-state index in [2.05, 4.69) is 17.6 Å². The number of rotatable bonds is 4. The summed E-state index contributed by atoms with van der Waals surface area (Å²) in [6.45, 7) is 2.62. The Morgan fingerprint density at radius 2 is 1.60 bits per heavy atom. The monoisotopic (exact) mass is 270 g/mol. The van der Waals surface area contributed by atoms with Crippen LogP contribution >= 0.6 is 0 Å². The quantitative estimate of drug-likeness (QED) is 0.799. The van der Waals surface area contributed by atoms with Crippen molar-refractivity contribution >= 4 is 11.4 Å². The van der Waals surface area contributed by atoms with Gasteiger partial charge >= 0.3 is 0 Å². The fourth-order valence-electron chi connectivity index (χ4n) is 2.32. The van der Waals surface area contributed by atoms with Crippen molar-refractivity contribution in [2.75, 3.05) is 17.2 Å². The van der Waals surface area contributed by atoms with Crippen molar-refractivity contribution in [1.82, 2.24) is 0 Å². The lowest BCUT2D eigenvalue weighted by molar-refractivity contribution is 0.263. The molecule has 0 unspecified atom stereocenters. The van der Waals surface area contributed by atoms with Crippen molar-refractivity contribution in [3.05, 3.63) is 54.1 Å². The molecule has 4 nitrogen and oxygen atoms in total. The third-order valence-corrected chi connectivity index (χ3v) is 3.38. The molecule has 2 aromatic carbocycles. The van der Waals surface area contributed by atoms with Gasteiger partial charge in [-0.1, -0.05) is 24.3 Å². The van der Waals surface area contributed by atoms with E-state index < -0.39 is 0 Å². The molecule has 1 aliphatic rings. The summed E-state index contributed by atoms with van der Waals surface area (Å²) < 4.78 is 5.82. The molecule has 20 heavy (non-hydrogen) atoms. The molecule has 3 N–H and O–H groups in total. The van der Waals surface area contributed by atoms with Gasteiger partial charge in [0, 0.05) is 0 Å². The van der Waals surface area contributed by atoms with Crippen LogP contribution in [-0.2, 0) is 6.61 Å². The number of anilines is 2. The molecule has 1 aliphatic heterocycles. The Morgan fingerprint density at radius 1 is 1.00 bits per heavy atom. The Hall–Kier alpha value is -2.20. The van der Waals surface area contributed by atoms with Crippen LogP contribution in [0.3, 0.4) is 0 Å². The highest BCUT2D eigenvalue weighted by atomic mass is 16.5. The van der Waals surface area contributed by atoms with Gasteiger partial charge in [-0.15, -0.1) is 0 Å². The van der Waals surface area contributed by atoms with E-state index in [0.717, 1.165) is 22.7 Å².